The number of carbonyl (C=O) groups excluding carboxylic acids is 2. The summed E-state index contributed by atoms with van der Waals surface area (Å²) in [6.07, 6.45) is 3.81. The standard InChI is InChI=1S/C21H26N4O2S/c1-13-16(14-6-4-7-15(12-14)20(2)9-10-20)28-18(23-13)24-19(27)25-11-5-8-21(25,3)17(22)26/h4,6-7,12H,5,8-11H2,1-3H3,(H2,22,26)(H,23,24,27)/t21-/m0/s1. The van der Waals surface area contributed by atoms with Crippen LogP contribution in [0.3, 0.4) is 0 Å². The number of hydrogen-bond donors (Lipinski definition) is 2. The van der Waals surface area contributed by atoms with E-state index in [9.17, 15) is 9.59 Å². The molecule has 0 bridgehead atoms. The zero-order valence-corrected chi connectivity index (χ0v) is 17.4. The molecule has 4 rings (SSSR count). The summed E-state index contributed by atoms with van der Waals surface area (Å²) in [5, 5.41) is 3.41. The minimum Gasteiger partial charge on any atom is -0.368 e. The van der Waals surface area contributed by atoms with Crippen molar-refractivity contribution in [3.05, 3.63) is 35.5 Å². The third-order valence-electron chi connectivity index (χ3n) is 6.25. The lowest BCUT2D eigenvalue weighted by molar-refractivity contribution is -0.126. The Balaban J connectivity index is 1.55. The molecule has 2 heterocycles. The smallest absolute Gasteiger partial charge is 0.324 e. The molecule has 0 radical (unpaired) electrons. The first-order valence-corrected chi connectivity index (χ1v) is 10.5. The van der Waals surface area contributed by atoms with E-state index in [4.69, 9.17) is 5.73 Å². The van der Waals surface area contributed by atoms with Crippen LogP contribution in [0, 0.1) is 6.92 Å². The van der Waals surface area contributed by atoms with Crippen LogP contribution in [0.15, 0.2) is 24.3 Å². The van der Waals surface area contributed by atoms with Gasteiger partial charge >= 0.3 is 6.03 Å². The van der Waals surface area contributed by atoms with Crippen molar-refractivity contribution in [2.24, 2.45) is 5.73 Å². The quantitative estimate of drug-likeness (QED) is 0.814. The fourth-order valence-corrected chi connectivity index (χ4v) is 4.89. The van der Waals surface area contributed by atoms with Gasteiger partial charge in [0.05, 0.1) is 10.6 Å². The lowest BCUT2D eigenvalue weighted by atomic mass is 9.96. The fraction of sp³-hybridized carbons (Fsp3) is 0.476. The number of amides is 3. The summed E-state index contributed by atoms with van der Waals surface area (Å²) in [5.74, 6) is -0.471. The summed E-state index contributed by atoms with van der Waals surface area (Å²) in [4.78, 5) is 31.7. The highest BCUT2D eigenvalue weighted by atomic mass is 32.1. The zero-order chi connectivity index (χ0) is 20.1. The fourth-order valence-electron chi connectivity index (χ4n) is 3.93. The van der Waals surface area contributed by atoms with Crippen molar-refractivity contribution in [2.75, 3.05) is 11.9 Å². The molecule has 3 amide bonds. The monoisotopic (exact) mass is 398 g/mol. The third kappa shape index (κ3) is 3.17. The summed E-state index contributed by atoms with van der Waals surface area (Å²) >= 11 is 1.46. The second kappa shape index (κ2) is 6.58. The summed E-state index contributed by atoms with van der Waals surface area (Å²) in [7, 11) is 0. The number of benzene rings is 1. The van der Waals surface area contributed by atoms with Crippen molar-refractivity contribution in [3.63, 3.8) is 0 Å². The van der Waals surface area contributed by atoms with Crippen LogP contribution in [-0.4, -0.2) is 33.9 Å². The Morgan fingerprint density at radius 3 is 2.68 bits per heavy atom. The van der Waals surface area contributed by atoms with Crippen LogP contribution in [0.25, 0.3) is 10.4 Å². The first kappa shape index (κ1) is 18.9. The highest BCUT2D eigenvalue weighted by molar-refractivity contribution is 7.19. The number of nitrogens with two attached hydrogens (primary N) is 1. The van der Waals surface area contributed by atoms with Crippen LogP contribution < -0.4 is 11.1 Å². The van der Waals surface area contributed by atoms with E-state index in [2.05, 4.69) is 41.5 Å². The van der Waals surface area contributed by atoms with Crippen molar-refractivity contribution < 1.29 is 9.59 Å². The maximum Gasteiger partial charge on any atom is 0.324 e. The van der Waals surface area contributed by atoms with Crippen LogP contribution >= 0.6 is 11.3 Å². The van der Waals surface area contributed by atoms with E-state index < -0.39 is 11.4 Å². The number of aromatic nitrogens is 1. The van der Waals surface area contributed by atoms with Crippen molar-refractivity contribution in [1.82, 2.24) is 9.88 Å². The number of nitrogens with zero attached hydrogens (tertiary/aromatic N) is 2. The molecular weight excluding hydrogens is 372 g/mol. The van der Waals surface area contributed by atoms with Gasteiger partial charge in [0.1, 0.15) is 5.54 Å². The predicted molar refractivity (Wildman–Crippen MR) is 111 cm³/mol. The van der Waals surface area contributed by atoms with Crippen molar-refractivity contribution in [3.8, 4) is 10.4 Å². The second-order valence-electron chi connectivity index (χ2n) is 8.40. The van der Waals surface area contributed by atoms with Gasteiger partial charge in [0.15, 0.2) is 5.13 Å². The van der Waals surface area contributed by atoms with E-state index in [1.165, 1.54) is 34.6 Å². The normalized spacial score (nSPS) is 22.9. The second-order valence-corrected chi connectivity index (χ2v) is 9.40. The van der Waals surface area contributed by atoms with Gasteiger partial charge in [-0.2, -0.15) is 0 Å². The van der Waals surface area contributed by atoms with Gasteiger partial charge in [0, 0.05) is 6.54 Å². The molecule has 1 aromatic heterocycles. The Hall–Kier alpha value is -2.41. The predicted octanol–water partition coefficient (Wildman–Crippen LogP) is 4.04. The van der Waals surface area contributed by atoms with Crippen molar-refractivity contribution >= 4 is 28.4 Å². The molecule has 7 heteroatoms. The molecule has 1 saturated carbocycles. The minimum absolute atomic E-state index is 0.306. The van der Waals surface area contributed by atoms with Gasteiger partial charge in [-0.15, -0.1) is 0 Å². The number of hydrogen-bond acceptors (Lipinski definition) is 4. The van der Waals surface area contributed by atoms with Crippen molar-refractivity contribution in [2.45, 2.75) is 57.4 Å². The molecule has 2 aromatic rings. The first-order valence-electron chi connectivity index (χ1n) is 9.70. The number of primary amides is 1. The van der Waals surface area contributed by atoms with Crippen LogP contribution in [0.4, 0.5) is 9.93 Å². The zero-order valence-electron chi connectivity index (χ0n) is 16.5. The number of aryl methyl sites for hydroxylation is 1. The van der Waals surface area contributed by atoms with Gasteiger partial charge < -0.3 is 10.6 Å². The SMILES string of the molecule is Cc1nc(NC(=O)N2CCC[C@@]2(C)C(N)=O)sc1-c1cccc(C2(C)CC2)c1. The lowest BCUT2D eigenvalue weighted by Gasteiger charge is -2.31. The highest BCUT2D eigenvalue weighted by Gasteiger charge is 2.44. The van der Waals surface area contributed by atoms with Gasteiger partial charge in [-0.05, 0) is 62.1 Å². The number of nitrogens with one attached hydrogen (secondary N) is 1. The van der Waals surface area contributed by atoms with Gasteiger partial charge in [-0.25, -0.2) is 9.78 Å². The Labute approximate surface area is 169 Å². The van der Waals surface area contributed by atoms with Gasteiger partial charge in [-0.3, -0.25) is 10.1 Å². The van der Waals surface area contributed by atoms with E-state index in [0.717, 1.165) is 22.6 Å². The Morgan fingerprint density at radius 1 is 1.25 bits per heavy atom. The largest absolute Gasteiger partial charge is 0.368 e. The summed E-state index contributed by atoms with van der Waals surface area (Å²) < 4.78 is 0. The Morgan fingerprint density at radius 2 is 2.00 bits per heavy atom. The number of anilines is 1. The van der Waals surface area contributed by atoms with Crippen molar-refractivity contribution in [1.29, 1.82) is 0 Å². The van der Waals surface area contributed by atoms with Gasteiger partial charge in [0.25, 0.3) is 0 Å². The average Bonchev–Trinajstić information content (AvgIpc) is 3.11. The van der Waals surface area contributed by atoms with E-state index in [-0.39, 0.29) is 6.03 Å². The van der Waals surface area contributed by atoms with E-state index >= 15 is 0 Å². The number of likely N-dealkylation sites (tertiary alicyclic amines) is 1. The molecule has 2 aliphatic rings. The summed E-state index contributed by atoms with van der Waals surface area (Å²) in [6, 6.07) is 8.29. The number of rotatable bonds is 4. The van der Waals surface area contributed by atoms with E-state index in [1.807, 2.05) is 6.92 Å². The maximum absolute atomic E-state index is 12.8. The van der Waals surface area contributed by atoms with Crippen LogP contribution in [0.1, 0.15) is 50.8 Å². The summed E-state index contributed by atoms with van der Waals surface area (Å²) in [5.41, 5.74) is 8.28. The van der Waals surface area contributed by atoms with E-state index in [1.54, 1.807) is 6.92 Å². The molecule has 1 saturated heterocycles. The topological polar surface area (TPSA) is 88.3 Å². The minimum atomic E-state index is -0.937. The Bertz CT molecular complexity index is 950. The molecule has 1 aromatic carbocycles. The molecule has 1 atom stereocenters. The molecule has 6 nitrogen and oxygen atoms in total. The first-order chi connectivity index (χ1) is 13.2. The van der Waals surface area contributed by atoms with E-state index in [0.29, 0.717) is 23.5 Å². The number of urea groups is 1. The lowest BCUT2D eigenvalue weighted by Crippen LogP contribution is -2.55. The Kier molecular flexibility index (Phi) is 4.45. The van der Waals surface area contributed by atoms with Gasteiger partial charge in [0.2, 0.25) is 5.91 Å². The number of thiazole rings is 1. The highest BCUT2D eigenvalue weighted by Crippen LogP contribution is 2.48. The number of carbonyl (C=O) groups is 2. The molecule has 0 spiro atoms. The molecular formula is C21H26N4O2S. The summed E-state index contributed by atoms with van der Waals surface area (Å²) in [6.45, 7) is 6.49. The molecule has 148 valence electrons. The molecule has 0 unspecified atom stereocenters. The molecule has 3 N–H and O–H groups in total. The molecule has 28 heavy (non-hydrogen) atoms. The van der Waals surface area contributed by atoms with Crippen LogP contribution in [-0.2, 0) is 10.2 Å². The van der Waals surface area contributed by atoms with Gasteiger partial charge in [-0.1, -0.05) is 36.5 Å². The molecule has 1 aliphatic carbocycles. The average molecular weight is 399 g/mol. The van der Waals surface area contributed by atoms with Crippen LogP contribution in [0.5, 0.6) is 0 Å². The third-order valence-corrected chi connectivity index (χ3v) is 7.37. The molecule has 2 fully saturated rings. The molecule has 1 aliphatic heterocycles. The van der Waals surface area contributed by atoms with Crippen LogP contribution in [0.2, 0.25) is 0 Å². The maximum atomic E-state index is 12.8.